The highest BCUT2D eigenvalue weighted by atomic mass is 35.5. The number of aromatic carboxylic acids is 1. The SMILES string of the molecule is O=C(O)c1ccc2nc(CN3CC=C(c4cccc(OCc5ccc(Cl)cc5F)c4)CC3)n(CC3CCO3)c2c1. The van der Waals surface area contributed by atoms with Gasteiger partial charge in [-0.15, -0.1) is 0 Å². The lowest BCUT2D eigenvalue weighted by atomic mass is 9.99. The zero-order valence-corrected chi connectivity index (χ0v) is 22.6. The van der Waals surface area contributed by atoms with Crippen LogP contribution >= 0.6 is 11.6 Å². The Kier molecular flexibility index (Phi) is 7.56. The second-order valence-corrected chi connectivity index (χ2v) is 10.6. The fraction of sp³-hybridized carbons (Fsp3) is 0.290. The van der Waals surface area contributed by atoms with Gasteiger partial charge in [0, 0.05) is 30.3 Å². The van der Waals surface area contributed by atoms with Crippen LogP contribution in [0.3, 0.4) is 0 Å². The van der Waals surface area contributed by atoms with Crippen molar-refractivity contribution < 1.29 is 23.8 Å². The molecule has 3 aromatic carbocycles. The van der Waals surface area contributed by atoms with Gasteiger partial charge in [0.15, 0.2) is 0 Å². The molecule has 0 amide bonds. The van der Waals surface area contributed by atoms with E-state index in [0.717, 1.165) is 55.0 Å². The quantitative estimate of drug-likeness (QED) is 0.263. The average molecular weight is 562 g/mol. The van der Waals surface area contributed by atoms with E-state index in [-0.39, 0.29) is 24.1 Å². The number of hydrogen-bond donors (Lipinski definition) is 1. The standard InChI is InChI=1S/C31H29ClFN3O4/c32-24-6-4-23(27(33)16-24)19-40-25-3-1-2-21(14-25)20-8-11-35(12-9-20)18-30-34-28-7-5-22(31(37)38)15-29(28)36(30)17-26-10-13-39-26/h1-8,14-16,26H,9-13,17-19H2,(H,37,38). The van der Waals surface area contributed by atoms with Crippen molar-refractivity contribution in [1.82, 2.24) is 14.5 Å². The van der Waals surface area contributed by atoms with Crippen LogP contribution in [0.25, 0.3) is 16.6 Å². The summed E-state index contributed by atoms with van der Waals surface area (Å²) >= 11 is 5.85. The molecule has 1 saturated heterocycles. The van der Waals surface area contributed by atoms with Gasteiger partial charge in [0.1, 0.15) is 24.0 Å². The van der Waals surface area contributed by atoms with E-state index >= 15 is 0 Å². The van der Waals surface area contributed by atoms with Crippen molar-refractivity contribution in [3.05, 3.63) is 100 Å². The molecule has 1 aromatic heterocycles. The van der Waals surface area contributed by atoms with Crippen LogP contribution in [-0.4, -0.2) is 51.3 Å². The van der Waals surface area contributed by atoms with Gasteiger partial charge in [-0.2, -0.15) is 0 Å². The molecule has 1 fully saturated rings. The lowest BCUT2D eigenvalue weighted by Gasteiger charge is -2.29. The summed E-state index contributed by atoms with van der Waals surface area (Å²) in [5, 5.41) is 9.84. The number of carbonyl (C=O) groups is 1. The Balaban J connectivity index is 1.15. The van der Waals surface area contributed by atoms with Crippen molar-refractivity contribution in [2.45, 2.75) is 38.6 Å². The number of imidazole rings is 1. The zero-order chi connectivity index (χ0) is 27.6. The van der Waals surface area contributed by atoms with E-state index in [1.54, 1.807) is 30.3 Å². The molecule has 0 spiro atoms. The highest BCUT2D eigenvalue weighted by Gasteiger charge is 2.24. The molecular formula is C31H29ClFN3O4. The van der Waals surface area contributed by atoms with Gasteiger partial charge in [-0.05, 0) is 66.4 Å². The van der Waals surface area contributed by atoms with Crippen LogP contribution in [0.2, 0.25) is 5.02 Å². The minimum atomic E-state index is -0.948. The smallest absolute Gasteiger partial charge is 0.335 e. The first-order valence-electron chi connectivity index (χ1n) is 13.4. The summed E-state index contributed by atoms with van der Waals surface area (Å²) in [6.45, 7) is 3.83. The summed E-state index contributed by atoms with van der Waals surface area (Å²) in [4.78, 5) is 18.8. The fourth-order valence-corrected chi connectivity index (χ4v) is 5.32. The molecule has 0 bridgehead atoms. The third-order valence-electron chi connectivity index (χ3n) is 7.53. The van der Waals surface area contributed by atoms with E-state index in [1.807, 2.05) is 18.2 Å². The van der Waals surface area contributed by atoms with Crippen LogP contribution in [0.4, 0.5) is 4.39 Å². The number of ether oxygens (including phenoxy) is 2. The molecule has 0 aliphatic carbocycles. The first kappa shape index (κ1) is 26.5. The van der Waals surface area contributed by atoms with Gasteiger partial charge in [-0.25, -0.2) is 14.2 Å². The minimum Gasteiger partial charge on any atom is -0.489 e. The Morgan fingerprint density at radius 2 is 2.05 bits per heavy atom. The van der Waals surface area contributed by atoms with Crippen LogP contribution in [0.15, 0.2) is 66.7 Å². The average Bonchev–Trinajstić information content (AvgIpc) is 3.26. The van der Waals surface area contributed by atoms with Gasteiger partial charge < -0.3 is 19.1 Å². The molecule has 0 radical (unpaired) electrons. The third kappa shape index (κ3) is 5.75. The topological polar surface area (TPSA) is 76.8 Å². The van der Waals surface area contributed by atoms with Gasteiger partial charge >= 0.3 is 5.97 Å². The molecule has 40 heavy (non-hydrogen) atoms. The van der Waals surface area contributed by atoms with E-state index in [2.05, 4.69) is 21.6 Å². The number of fused-ring (bicyclic) bond motifs is 1. The Morgan fingerprint density at radius 3 is 2.77 bits per heavy atom. The molecule has 0 saturated carbocycles. The van der Waals surface area contributed by atoms with Gasteiger partial charge in [-0.3, -0.25) is 4.90 Å². The van der Waals surface area contributed by atoms with E-state index in [9.17, 15) is 14.3 Å². The van der Waals surface area contributed by atoms with E-state index in [0.29, 0.717) is 29.4 Å². The molecule has 6 rings (SSSR count). The highest BCUT2D eigenvalue weighted by molar-refractivity contribution is 6.30. The van der Waals surface area contributed by atoms with Crippen molar-refractivity contribution in [2.24, 2.45) is 0 Å². The maximum Gasteiger partial charge on any atom is 0.335 e. The number of halogens is 2. The lowest BCUT2D eigenvalue weighted by Crippen LogP contribution is -2.33. The monoisotopic (exact) mass is 561 g/mol. The number of carboxylic acid groups (broad SMARTS) is 1. The molecule has 1 unspecified atom stereocenters. The molecule has 2 aliphatic rings. The number of hydrogen-bond acceptors (Lipinski definition) is 5. The predicted octanol–water partition coefficient (Wildman–Crippen LogP) is 6.18. The highest BCUT2D eigenvalue weighted by Crippen LogP contribution is 2.28. The second kappa shape index (κ2) is 11.4. The summed E-state index contributed by atoms with van der Waals surface area (Å²) in [5.41, 5.74) is 4.66. The molecule has 2 aliphatic heterocycles. The minimum absolute atomic E-state index is 0.125. The molecule has 7 nitrogen and oxygen atoms in total. The van der Waals surface area contributed by atoms with Crippen molar-refractivity contribution in [2.75, 3.05) is 19.7 Å². The van der Waals surface area contributed by atoms with Crippen molar-refractivity contribution in [3.8, 4) is 5.75 Å². The zero-order valence-electron chi connectivity index (χ0n) is 21.9. The van der Waals surface area contributed by atoms with Gasteiger partial charge in [0.25, 0.3) is 0 Å². The maximum absolute atomic E-state index is 14.1. The largest absolute Gasteiger partial charge is 0.489 e. The Hall–Kier alpha value is -3.72. The van der Waals surface area contributed by atoms with Crippen LogP contribution in [0.1, 0.15) is 40.2 Å². The lowest BCUT2D eigenvalue weighted by molar-refractivity contribution is -0.0591. The molecule has 1 atom stereocenters. The van der Waals surface area contributed by atoms with Crippen LogP contribution < -0.4 is 4.74 Å². The van der Waals surface area contributed by atoms with Crippen LogP contribution in [-0.2, 0) is 24.4 Å². The molecule has 3 heterocycles. The number of benzene rings is 3. The Labute approximate surface area is 236 Å². The summed E-state index contributed by atoms with van der Waals surface area (Å²) in [7, 11) is 0. The third-order valence-corrected chi connectivity index (χ3v) is 7.76. The summed E-state index contributed by atoms with van der Waals surface area (Å²) in [6.07, 6.45) is 4.21. The van der Waals surface area contributed by atoms with Crippen LogP contribution in [0.5, 0.6) is 5.75 Å². The van der Waals surface area contributed by atoms with Crippen molar-refractivity contribution in [3.63, 3.8) is 0 Å². The summed E-state index contributed by atoms with van der Waals surface area (Å²) < 4.78 is 27.8. The molecule has 1 N–H and O–H groups in total. The Bertz CT molecular complexity index is 1600. The summed E-state index contributed by atoms with van der Waals surface area (Å²) in [6, 6.07) is 17.6. The maximum atomic E-state index is 14.1. The van der Waals surface area contributed by atoms with Gasteiger partial charge in [0.2, 0.25) is 0 Å². The van der Waals surface area contributed by atoms with Crippen molar-refractivity contribution >= 4 is 34.2 Å². The van der Waals surface area contributed by atoms with E-state index in [4.69, 9.17) is 26.1 Å². The van der Waals surface area contributed by atoms with Crippen LogP contribution in [0, 0.1) is 5.82 Å². The Morgan fingerprint density at radius 1 is 1.18 bits per heavy atom. The normalized spacial score (nSPS) is 17.4. The fourth-order valence-electron chi connectivity index (χ4n) is 5.16. The first-order valence-corrected chi connectivity index (χ1v) is 13.7. The number of carboxylic acids is 1. The predicted molar refractivity (Wildman–Crippen MR) is 151 cm³/mol. The van der Waals surface area contributed by atoms with Gasteiger partial charge in [-0.1, -0.05) is 35.9 Å². The molecular weight excluding hydrogens is 533 g/mol. The summed E-state index contributed by atoms with van der Waals surface area (Å²) in [5.74, 6) is 0.267. The van der Waals surface area contributed by atoms with Gasteiger partial charge in [0.05, 0.1) is 35.8 Å². The molecule has 9 heteroatoms. The number of nitrogens with zero attached hydrogens (tertiary/aromatic N) is 3. The number of aromatic nitrogens is 2. The number of rotatable bonds is 9. The van der Waals surface area contributed by atoms with E-state index in [1.165, 1.54) is 11.6 Å². The van der Waals surface area contributed by atoms with Crippen molar-refractivity contribution in [1.29, 1.82) is 0 Å². The molecule has 4 aromatic rings. The second-order valence-electron chi connectivity index (χ2n) is 10.2. The first-order chi connectivity index (χ1) is 19.4. The molecule has 206 valence electrons. The van der Waals surface area contributed by atoms with E-state index < -0.39 is 5.97 Å².